The monoisotopic (exact) mass is 305 g/mol. The fourth-order valence-corrected chi connectivity index (χ4v) is 1.99. The highest BCUT2D eigenvalue weighted by Gasteiger charge is 2.10. The van der Waals surface area contributed by atoms with Gasteiger partial charge in [0.15, 0.2) is 0 Å². The molecule has 0 radical (unpaired) electrons. The molecule has 2 N–H and O–H groups in total. The third-order valence-electron chi connectivity index (χ3n) is 2.50. The van der Waals surface area contributed by atoms with E-state index in [2.05, 4.69) is 14.9 Å². The molecule has 0 aliphatic heterocycles. The van der Waals surface area contributed by atoms with Crippen molar-refractivity contribution in [2.45, 2.75) is 0 Å². The van der Waals surface area contributed by atoms with Gasteiger partial charge in [0.1, 0.15) is 10.8 Å². The van der Waals surface area contributed by atoms with Crippen molar-refractivity contribution < 1.29 is 19.4 Å². The average Bonchev–Trinajstić information content (AvgIpc) is 2.97. The maximum Gasteiger partial charge on any atom is 0.328 e. The Hall–Kier alpha value is -2.74. The Balaban J connectivity index is 2.26. The summed E-state index contributed by atoms with van der Waals surface area (Å²) in [6.45, 7) is 0. The quantitative estimate of drug-likeness (QED) is 0.818. The molecular weight excluding hydrogens is 294 g/mol. The largest absolute Gasteiger partial charge is 0.496 e. The van der Waals surface area contributed by atoms with Crippen molar-refractivity contribution in [1.29, 1.82) is 0 Å². The molecule has 1 aromatic heterocycles. The van der Waals surface area contributed by atoms with Gasteiger partial charge in [-0.15, -0.1) is 5.10 Å². The number of nitrogens with zero attached hydrogens (tertiary/aromatic N) is 2. The van der Waals surface area contributed by atoms with Crippen molar-refractivity contribution >= 4 is 34.5 Å². The zero-order chi connectivity index (χ0) is 15.2. The summed E-state index contributed by atoms with van der Waals surface area (Å²) in [5.41, 5.74) is 0.865. The van der Waals surface area contributed by atoms with Gasteiger partial charge in [-0.1, -0.05) is 4.49 Å². The third kappa shape index (κ3) is 3.86. The standard InChI is InChI=1S/C13H11N3O4S/c1-20-10-4-2-9(6-8(10)3-5-12(17)18)13(19)15-11-7-14-16-21-11/h2-7H,1H3,(H,15,19)(H,17,18)/b5-3+. The summed E-state index contributed by atoms with van der Waals surface area (Å²) in [5, 5.41) is 15.5. The van der Waals surface area contributed by atoms with E-state index in [0.717, 1.165) is 17.6 Å². The Labute approximate surface area is 124 Å². The number of carboxylic acid groups (broad SMARTS) is 1. The van der Waals surface area contributed by atoms with Gasteiger partial charge in [0, 0.05) is 28.7 Å². The molecule has 7 nitrogen and oxygen atoms in total. The van der Waals surface area contributed by atoms with E-state index in [0.29, 0.717) is 21.9 Å². The lowest BCUT2D eigenvalue weighted by Crippen LogP contribution is -2.11. The van der Waals surface area contributed by atoms with Crippen LogP contribution in [0.1, 0.15) is 15.9 Å². The topological polar surface area (TPSA) is 101 Å². The minimum atomic E-state index is -1.08. The van der Waals surface area contributed by atoms with Gasteiger partial charge in [0.25, 0.3) is 5.91 Å². The lowest BCUT2D eigenvalue weighted by molar-refractivity contribution is -0.131. The Morgan fingerprint density at radius 2 is 2.24 bits per heavy atom. The van der Waals surface area contributed by atoms with Gasteiger partial charge >= 0.3 is 5.97 Å². The summed E-state index contributed by atoms with van der Waals surface area (Å²) in [6.07, 6.45) is 3.79. The molecule has 21 heavy (non-hydrogen) atoms. The van der Waals surface area contributed by atoms with Crippen LogP contribution < -0.4 is 10.1 Å². The van der Waals surface area contributed by atoms with Gasteiger partial charge in [-0.05, 0) is 24.3 Å². The van der Waals surface area contributed by atoms with E-state index in [4.69, 9.17) is 9.84 Å². The minimum absolute atomic E-state index is 0.339. The van der Waals surface area contributed by atoms with E-state index in [9.17, 15) is 9.59 Å². The van der Waals surface area contributed by atoms with E-state index in [1.54, 1.807) is 18.2 Å². The van der Waals surface area contributed by atoms with E-state index in [-0.39, 0.29) is 5.91 Å². The molecule has 0 aliphatic carbocycles. The van der Waals surface area contributed by atoms with Crippen molar-refractivity contribution in [3.05, 3.63) is 41.6 Å². The number of carboxylic acids is 1. The number of carbonyl (C=O) groups excluding carboxylic acids is 1. The van der Waals surface area contributed by atoms with Gasteiger partial charge in [0.05, 0.1) is 13.3 Å². The Morgan fingerprint density at radius 3 is 2.86 bits per heavy atom. The van der Waals surface area contributed by atoms with Crippen LogP contribution in [0.3, 0.4) is 0 Å². The lowest BCUT2D eigenvalue weighted by atomic mass is 10.1. The van der Waals surface area contributed by atoms with Crippen LogP contribution in [0.4, 0.5) is 5.00 Å². The van der Waals surface area contributed by atoms with Gasteiger partial charge in [-0.2, -0.15) is 0 Å². The van der Waals surface area contributed by atoms with Crippen molar-refractivity contribution in [1.82, 2.24) is 9.59 Å². The van der Waals surface area contributed by atoms with Gasteiger partial charge < -0.3 is 15.2 Å². The smallest absolute Gasteiger partial charge is 0.328 e. The molecule has 108 valence electrons. The van der Waals surface area contributed by atoms with Gasteiger partial charge in [-0.25, -0.2) is 4.79 Å². The Kier molecular flexibility index (Phi) is 4.62. The number of carbonyl (C=O) groups is 2. The highest BCUT2D eigenvalue weighted by atomic mass is 32.1. The molecule has 0 spiro atoms. The molecule has 1 heterocycles. The number of nitrogens with one attached hydrogen (secondary N) is 1. The van der Waals surface area contributed by atoms with E-state index >= 15 is 0 Å². The number of benzene rings is 1. The molecule has 0 unspecified atom stereocenters. The molecule has 2 aromatic rings. The number of anilines is 1. The first kappa shape index (κ1) is 14.7. The molecular formula is C13H11N3O4S. The van der Waals surface area contributed by atoms with Crippen LogP contribution >= 0.6 is 11.5 Å². The summed E-state index contributed by atoms with van der Waals surface area (Å²) in [4.78, 5) is 22.6. The van der Waals surface area contributed by atoms with Gasteiger partial charge in [0.2, 0.25) is 0 Å². The van der Waals surface area contributed by atoms with Crippen LogP contribution in [-0.4, -0.2) is 33.7 Å². The Bertz CT molecular complexity index is 683. The fourth-order valence-electron chi connectivity index (χ4n) is 1.57. The second kappa shape index (κ2) is 6.62. The normalized spacial score (nSPS) is 10.5. The van der Waals surface area contributed by atoms with Crippen LogP contribution in [0.15, 0.2) is 30.5 Å². The van der Waals surface area contributed by atoms with Crippen LogP contribution in [0.25, 0.3) is 6.08 Å². The number of amides is 1. The van der Waals surface area contributed by atoms with Crippen molar-refractivity contribution in [3.8, 4) is 5.75 Å². The van der Waals surface area contributed by atoms with Crippen molar-refractivity contribution in [3.63, 3.8) is 0 Å². The molecule has 8 heteroatoms. The average molecular weight is 305 g/mol. The first-order valence-corrected chi connectivity index (χ1v) is 6.55. The molecule has 0 saturated carbocycles. The predicted molar refractivity (Wildman–Crippen MR) is 77.5 cm³/mol. The number of rotatable bonds is 5. The van der Waals surface area contributed by atoms with Crippen molar-refractivity contribution in [2.75, 3.05) is 12.4 Å². The number of methoxy groups -OCH3 is 1. The molecule has 0 fully saturated rings. The maximum atomic E-state index is 12.1. The van der Waals surface area contributed by atoms with E-state index < -0.39 is 5.97 Å². The predicted octanol–water partition coefficient (Wildman–Crippen LogP) is 1.90. The molecule has 2 rings (SSSR count). The second-order valence-electron chi connectivity index (χ2n) is 3.86. The zero-order valence-corrected chi connectivity index (χ0v) is 11.8. The van der Waals surface area contributed by atoms with Crippen LogP contribution in [0.2, 0.25) is 0 Å². The number of aromatic nitrogens is 2. The first-order chi connectivity index (χ1) is 10.1. The molecule has 0 saturated heterocycles. The molecule has 1 aromatic carbocycles. The zero-order valence-electron chi connectivity index (χ0n) is 10.9. The summed E-state index contributed by atoms with van der Waals surface area (Å²) in [5.74, 6) is -0.945. The van der Waals surface area contributed by atoms with E-state index in [1.165, 1.54) is 19.4 Å². The minimum Gasteiger partial charge on any atom is -0.496 e. The highest BCUT2D eigenvalue weighted by molar-refractivity contribution is 7.10. The van der Waals surface area contributed by atoms with Gasteiger partial charge in [-0.3, -0.25) is 4.79 Å². The van der Waals surface area contributed by atoms with Crippen molar-refractivity contribution in [2.24, 2.45) is 0 Å². The number of hydrogen-bond donors (Lipinski definition) is 2. The number of ether oxygens (including phenoxy) is 1. The van der Waals surface area contributed by atoms with Crippen LogP contribution in [-0.2, 0) is 4.79 Å². The van der Waals surface area contributed by atoms with E-state index in [1.807, 2.05) is 0 Å². The SMILES string of the molecule is COc1ccc(C(=O)Nc2cnns2)cc1/C=C/C(=O)O. The summed E-state index contributed by atoms with van der Waals surface area (Å²) in [7, 11) is 1.47. The molecule has 0 bridgehead atoms. The third-order valence-corrected chi connectivity index (χ3v) is 3.08. The first-order valence-electron chi connectivity index (χ1n) is 5.78. The molecule has 0 aliphatic rings. The maximum absolute atomic E-state index is 12.1. The van der Waals surface area contributed by atoms with Crippen LogP contribution in [0.5, 0.6) is 5.75 Å². The number of hydrogen-bond acceptors (Lipinski definition) is 6. The molecule has 1 amide bonds. The summed E-state index contributed by atoms with van der Waals surface area (Å²) in [6, 6.07) is 4.73. The van der Waals surface area contributed by atoms with Crippen LogP contribution in [0, 0.1) is 0 Å². The molecule has 0 atom stereocenters. The Morgan fingerprint density at radius 1 is 1.43 bits per heavy atom. The number of aliphatic carboxylic acids is 1. The fraction of sp³-hybridized carbons (Fsp3) is 0.0769. The summed E-state index contributed by atoms with van der Waals surface area (Å²) >= 11 is 1.06. The highest BCUT2D eigenvalue weighted by Crippen LogP contribution is 2.22. The summed E-state index contributed by atoms with van der Waals surface area (Å²) < 4.78 is 8.77. The lowest BCUT2D eigenvalue weighted by Gasteiger charge is -2.07. The second-order valence-corrected chi connectivity index (χ2v) is 4.65.